The van der Waals surface area contributed by atoms with Gasteiger partial charge in [0.05, 0.1) is 18.9 Å². The van der Waals surface area contributed by atoms with Crippen molar-refractivity contribution in [3.63, 3.8) is 0 Å². The molecule has 1 N–H and O–H groups in total. The summed E-state index contributed by atoms with van der Waals surface area (Å²) in [7, 11) is 0. The number of halogens is 1. The average Bonchev–Trinajstić information content (AvgIpc) is 2.85. The SMILES string of the molecule is CCOc1cc(/C=N\NC(=O)[C@H](C#N)c2ccccc2)ccc1OCCOc1ccc(Cl)cc1. The van der Waals surface area contributed by atoms with Gasteiger partial charge in [-0.05, 0) is 60.5 Å². The van der Waals surface area contributed by atoms with E-state index in [0.29, 0.717) is 53.2 Å². The van der Waals surface area contributed by atoms with Crippen LogP contribution in [0, 0.1) is 11.3 Å². The zero-order valence-corrected chi connectivity index (χ0v) is 19.4. The number of hydrogen-bond acceptors (Lipinski definition) is 6. The molecular formula is C26H24ClN3O4. The molecule has 1 amide bonds. The number of rotatable bonds is 11. The summed E-state index contributed by atoms with van der Waals surface area (Å²) in [6.45, 7) is 3.00. The highest BCUT2D eigenvalue weighted by atomic mass is 35.5. The predicted octanol–water partition coefficient (Wildman–Crippen LogP) is 4.95. The van der Waals surface area contributed by atoms with Crippen LogP contribution in [0.15, 0.2) is 77.9 Å². The monoisotopic (exact) mass is 477 g/mol. The van der Waals surface area contributed by atoms with Crippen LogP contribution in [-0.4, -0.2) is 31.9 Å². The molecule has 0 bridgehead atoms. The summed E-state index contributed by atoms with van der Waals surface area (Å²) in [5.41, 5.74) is 3.72. The fourth-order valence-electron chi connectivity index (χ4n) is 3.00. The second-order valence-corrected chi connectivity index (χ2v) is 7.43. The van der Waals surface area contributed by atoms with Crippen LogP contribution in [0.25, 0.3) is 0 Å². The van der Waals surface area contributed by atoms with Crippen LogP contribution in [-0.2, 0) is 4.79 Å². The number of nitrogens with zero attached hydrogens (tertiary/aromatic N) is 2. The Morgan fingerprint density at radius 2 is 1.76 bits per heavy atom. The van der Waals surface area contributed by atoms with Crippen molar-refractivity contribution in [1.29, 1.82) is 5.26 Å². The Hall–Kier alpha value is -4.02. The zero-order chi connectivity index (χ0) is 24.2. The van der Waals surface area contributed by atoms with E-state index in [4.69, 9.17) is 25.8 Å². The molecule has 0 heterocycles. The van der Waals surface area contributed by atoms with E-state index in [-0.39, 0.29) is 0 Å². The fourth-order valence-corrected chi connectivity index (χ4v) is 3.13. The molecular weight excluding hydrogens is 454 g/mol. The molecule has 0 unspecified atom stereocenters. The van der Waals surface area contributed by atoms with E-state index < -0.39 is 11.8 Å². The first-order chi connectivity index (χ1) is 16.6. The van der Waals surface area contributed by atoms with Gasteiger partial charge in [0.25, 0.3) is 5.91 Å². The summed E-state index contributed by atoms with van der Waals surface area (Å²) < 4.78 is 17.1. The van der Waals surface area contributed by atoms with Gasteiger partial charge in [0.15, 0.2) is 17.4 Å². The molecule has 7 nitrogen and oxygen atoms in total. The quantitative estimate of drug-likeness (QED) is 0.239. The number of nitrogens with one attached hydrogen (secondary N) is 1. The van der Waals surface area contributed by atoms with E-state index in [1.54, 1.807) is 66.7 Å². The number of amides is 1. The minimum atomic E-state index is -0.941. The van der Waals surface area contributed by atoms with Crippen LogP contribution < -0.4 is 19.6 Å². The summed E-state index contributed by atoms with van der Waals surface area (Å²) in [5, 5.41) is 14.0. The van der Waals surface area contributed by atoms with Crippen LogP contribution in [0.1, 0.15) is 24.0 Å². The molecule has 3 rings (SSSR count). The van der Waals surface area contributed by atoms with Gasteiger partial charge in [-0.2, -0.15) is 10.4 Å². The third-order valence-electron chi connectivity index (χ3n) is 4.60. The van der Waals surface area contributed by atoms with Crippen LogP contribution in [0.3, 0.4) is 0 Å². The van der Waals surface area contributed by atoms with Gasteiger partial charge in [-0.1, -0.05) is 41.9 Å². The lowest BCUT2D eigenvalue weighted by Gasteiger charge is -2.13. The lowest BCUT2D eigenvalue weighted by molar-refractivity contribution is -0.121. The van der Waals surface area contributed by atoms with Crippen molar-refractivity contribution in [3.05, 3.63) is 88.9 Å². The van der Waals surface area contributed by atoms with Gasteiger partial charge in [-0.15, -0.1) is 0 Å². The van der Waals surface area contributed by atoms with Gasteiger partial charge in [-0.25, -0.2) is 5.43 Å². The molecule has 0 aromatic heterocycles. The molecule has 1 atom stereocenters. The van der Waals surface area contributed by atoms with Crippen molar-refractivity contribution in [1.82, 2.24) is 5.43 Å². The molecule has 0 aliphatic heterocycles. The topological polar surface area (TPSA) is 92.9 Å². The van der Waals surface area contributed by atoms with Crippen molar-refractivity contribution in [2.24, 2.45) is 5.10 Å². The molecule has 34 heavy (non-hydrogen) atoms. The van der Waals surface area contributed by atoms with Gasteiger partial charge in [0, 0.05) is 5.02 Å². The Morgan fingerprint density at radius 3 is 2.47 bits per heavy atom. The third kappa shape index (κ3) is 7.26. The normalized spacial score (nSPS) is 11.4. The van der Waals surface area contributed by atoms with Crippen LogP contribution in [0.2, 0.25) is 5.02 Å². The lowest BCUT2D eigenvalue weighted by Crippen LogP contribution is -2.24. The molecule has 174 valence electrons. The van der Waals surface area contributed by atoms with Gasteiger partial charge in [-0.3, -0.25) is 4.79 Å². The third-order valence-corrected chi connectivity index (χ3v) is 4.86. The van der Waals surface area contributed by atoms with Gasteiger partial charge < -0.3 is 14.2 Å². The maximum atomic E-state index is 12.3. The second-order valence-electron chi connectivity index (χ2n) is 7.00. The number of hydrogen-bond donors (Lipinski definition) is 1. The average molecular weight is 478 g/mol. The number of ether oxygens (including phenoxy) is 3. The molecule has 0 fully saturated rings. The highest BCUT2D eigenvalue weighted by Gasteiger charge is 2.19. The molecule has 0 aliphatic carbocycles. The van der Waals surface area contributed by atoms with E-state index >= 15 is 0 Å². The molecule has 0 spiro atoms. The van der Waals surface area contributed by atoms with Gasteiger partial charge >= 0.3 is 0 Å². The van der Waals surface area contributed by atoms with Crippen LogP contribution >= 0.6 is 11.6 Å². The van der Waals surface area contributed by atoms with Gasteiger partial charge in [0.1, 0.15) is 19.0 Å². The van der Waals surface area contributed by atoms with E-state index in [0.717, 1.165) is 0 Å². The number of benzene rings is 3. The van der Waals surface area contributed by atoms with Crippen LogP contribution in [0.4, 0.5) is 0 Å². The summed E-state index contributed by atoms with van der Waals surface area (Å²) in [6.07, 6.45) is 1.48. The first kappa shape index (κ1) is 24.6. The highest BCUT2D eigenvalue weighted by Crippen LogP contribution is 2.28. The van der Waals surface area contributed by atoms with Crippen molar-refractivity contribution >= 4 is 23.7 Å². The largest absolute Gasteiger partial charge is 0.490 e. The lowest BCUT2D eigenvalue weighted by atomic mass is 10.0. The highest BCUT2D eigenvalue weighted by molar-refractivity contribution is 6.30. The Labute approximate surface area is 203 Å². The number of carbonyl (C=O) groups is 1. The summed E-state index contributed by atoms with van der Waals surface area (Å²) in [6, 6.07) is 23.2. The number of nitriles is 1. The Morgan fingerprint density at radius 1 is 1.03 bits per heavy atom. The molecule has 0 aliphatic rings. The molecule has 0 saturated heterocycles. The molecule has 3 aromatic rings. The maximum absolute atomic E-state index is 12.3. The van der Waals surface area contributed by atoms with E-state index in [9.17, 15) is 10.1 Å². The first-order valence-corrected chi connectivity index (χ1v) is 11.0. The zero-order valence-electron chi connectivity index (χ0n) is 18.6. The Bertz CT molecular complexity index is 1140. The second kappa shape index (κ2) is 12.9. The maximum Gasteiger partial charge on any atom is 0.261 e. The predicted molar refractivity (Wildman–Crippen MR) is 131 cm³/mol. The fraction of sp³-hybridized carbons (Fsp3) is 0.192. The van der Waals surface area contributed by atoms with Crippen molar-refractivity contribution < 1.29 is 19.0 Å². The minimum absolute atomic E-state index is 0.321. The number of hydrazone groups is 1. The van der Waals surface area contributed by atoms with E-state index in [1.807, 2.05) is 19.1 Å². The smallest absolute Gasteiger partial charge is 0.261 e. The summed E-state index contributed by atoms with van der Waals surface area (Å²) in [5.74, 6) is 0.371. The molecule has 3 aromatic carbocycles. The Balaban J connectivity index is 1.56. The summed E-state index contributed by atoms with van der Waals surface area (Å²) >= 11 is 5.87. The van der Waals surface area contributed by atoms with Gasteiger partial charge in [0.2, 0.25) is 0 Å². The van der Waals surface area contributed by atoms with E-state index in [1.165, 1.54) is 6.21 Å². The molecule has 0 saturated carbocycles. The molecule has 0 radical (unpaired) electrons. The van der Waals surface area contributed by atoms with E-state index in [2.05, 4.69) is 10.5 Å². The first-order valence-electron chi connectivity index (χ1n) is 10.7. The number of carbonyl (C=O) groups excluding carboxylic acids is 1. The Kier molecular flexibility index (Phi) is 9.32. The van der Waals surface area contributed by atoms with Crippen molar-refractivity contribution in [2.45, 2.75) is 12.8 Å². The molecule has 8 heteroatoms. The standard InChI is InChI=1S/C26H24ClN3O4/c1-2-32-25-16-19(18-29-30-26(31)23(17-28)20-6-4-3-5-7-20)8-13-24(25)34-15-14-33-22-11-9-21(27)10-12-22/h3-13,16,18,23H,2,14-15H2,1H3,(H,30,31)/b29-18-/t23-/m1/s1. The summed E-state index contributed by atoms with van der Waals surface area (Å²) in [4.78, 5) is 12.3. The van der Waals surface area contributed by atoms with Crippen molar-refractivity contribution in [2.75, 3.05) is 19.8 Å². The van der Waals surface area contributed by atoms with Crippen molar-refractivity contribution in [3.8, 4) is 23.3 Å². The minimum Gasteiger partial charge on any atom is -0.490 e. The van der Waals surface area contributed by atoms with Crippen LogP contribution in [0.5, 0.6) is 17.2 Å².